The van der Waals surface area contributed by atoms with Crippen LogP contribution in [0.25, 0.3) is 0 Å². The van der Waals surface area contributed by atoms with Crippen molar-refractivity contribution in [3.63, 3.8) is 0 Å². The molecule has 0 spiro atoms. The first kappa shape index (κ1) is 14.8. The zero-order valence-corrected chi connectivity index (χ0v) is 13.5. The van der Waals surface area contributed by atoms with Crippen LogP contribution in [0, 0.1) is 12.8 Å². The molecule has 1 aromatic carbocycles. The molecule has 22 heavy (non-hydrogen) atoms. The standard InChI is InChI=1S/C15H14BrN3O3/c1-9-6-13(18-22-9)17-15(21)10-7-14(20)19(8-10)12-4-2-11(16)3-5-12/h2-6,10H,7-8H2,1H3,(H,17,18,21)/t10-/m1/s1. The van der Waals surface area contributed by atoms with Gasteiger partial charge in [0, 0.05) is 29.2 Å². The van der Waals surface area contributed by atoms with Crippen molar-refractivity contribution in [2.75, 3.05) is 16.8 Å². The average Bonchev–Trinajstić information content (AvgIpc) is 3.06. The second-order valence-corrected chi connectivity index (χ2v) is 6.11. The van der Waals surface area contributed by atoms with Crippen LogP contribution in [0.3, 0.4) is 0 Å². The highest BCUT2D eigenvalue weighted by atomic mass is 79.9. The number of nitrogens with zero attached hydrogens (tertiary/aromatic N) is 2. The first-order valence-corrected chi connectivity index (χ1v) is 7.62. The Balaban J connectivity index is 1.68. The van der Waals surface area contributed by atoms with Crippen molar-refractivity contribution in [2.45, 2.75) is 13.3 Å². The van der Waals surface area contributed by atoms with E-state index in [2.05, 4.69) is 26.4 Å². The summed E-state index contributed by atoms with van der Waals surface area (Å²) in [5.41, 5.74) is 0.792. The van der Waals surface area contributed by atoms with E-state index >= 15 is 0 Å². The monoisotopic (exact) mass is 363 g/mol. The van der Waals surface area contributed by atoms with Crippen LogP contribution < -0.4 is 10.2 Å². The summed E-state index contributed by atoms with van der Waals surface area (Å²) in [5, 5.41) is 6.40. The molecule has 1 aliphatic rings. The van der Waals surface area contributed by atoms with E-state index in [1.165, 1.54) is 0 Å². The van der Waals surface area contributed by atoms with Gasteiger partial charge in [-0.3, -0.25) is 9.59 Å². The van der Waals surface area contributed by atoms with Gasteiger partial charge < -0.3 is 14.7 Å². The summed E-state index contributed by atoms with van der Waals surface area (Å²) >= 11 is 3.36. The Morgan fingerprint density at radius 1 is 1.41 bits per heavy atom. The number of aromatic nitrogens is 1. The number of rotatable bonds is 3. The molecule has 0 aliphatic carbocycles. The third-order valence-electron chi connectivity index (χ3n) is 3.51. The zero-order chi connectivity index (χ0) is 15.7. The number of amides is 2. The SMILES string of the molecule is Cc1cc(NC(=O)[C@@H]2CC(=O)N(c3ccc(Br)cc3)C2)no1. The van der Waals surface area contributed by atoms with Gasteiger partial charge in [-0.15, -0.1) is 0 Å². The lowest BCUT2D eigenvalue weighted by molar-refractivity contribution is -0.122. The van der Waals surface area contributed by atoms with E-state index in [1.807, 2.05) is 24.3 Å². The van der Waals surface area contributed by atoms with E-state index in [0.717, 1.165) is 10.2 Å². The van der Waals surface area contributed by atoms with Gasteiger partial charge in [0.05, 0.1) is 5.92 Å². The number of carbonyl (C=O) groups excluding carboxylic acids is 2. The fourth-order valence-electron chi connectivity index (χ4n) is 2.41. The quantitative estimate of drug-likeness (QED) is 0.909. The summed E-state index contributed by atoms with van der Waals surface area (Å²) in [5.74, 6) is 0.319. The molecular weight excluding hydrogens is 350 g/mol. The van der Waals surface area contributed by atoms with Crippen molar-refractivity contribution in [1.29, 1.82) is 0 Å². The molecule has 0 unspecified atom stereocenters. The van der Waals surface area contributed by atoms with Crippen LogP contribution in [0.2, 0.25) is 0 Å². The van der Waals surface area contributed by atoms with E-state index < -0.39 is 5.92 Å². The molecule has 1 fully saturated rings. The molecule has 1 atom stereocenters. The summed E-state index contributed by atoms with van der Waals surface area (Å²) < 4.78 is 5.85. The second kappa shape index (κ2) is 5.92. The Labute approximate surface area is 135 Å². The van der Waals surface area contributed by atoms with Crippen LogP contribution in [-0.2, 0) is 9.59 Å². The summed E-state index contributed by atoms with van der Waals surface area (Å²) in [6.45, 7) is 2.11. The number of nitrogens with one attached hydrogen (secondary N) is 1. The van der Waals surface area contributed by atoms with Gasteiger partial charge >= 0.3 is 0 Å². The molecule has 114 valence electrons. The normalized spacial score (nSPS) is 17.8. The molecule has 2 amide bonds. The summed E-state index contributed by atoms with van der Waals surface area (Å²) in [7, 11) is 0. The number of aryl methyl sites for hydroxylation is 1. The van der Waals surface area contributed by atoms with Crippen LogP contribution >= 0.6 is 15.9 Å². The Morgan fingerprint density at radius 2 is 2.14 bits per heavy atom. The summed E-state index contributed by atoms with van der Waals surface area (Å²) in [6.07, 6.45) is 0.193. The molecule has 0 bridgehead atoms. The van der Waals surface area contributed by atoms with Gasteiger partial charge in [0.25, 0.3) is 0 Å². The van der Waals surface area contributed by atoms with Crippen molar-refractivity contribution < 1.29 is 14.1 Å². The van der Waals surface area contributed by atoms with E-state index in [4.69, 9.17) is 4.52 Å². The fourth-order valence-corrected chi connectivity index (χ4v) is 2.67. The van der Waals surface area contributed by atoms with Crippen molar-refractivity contribution in [1.82, 2.24) is 5.16 Å². The molecule has 0 saturated carbocycles. The van der Waals surface area contributed by atoms with Crippen molar-refractivity contribution in [2.24, 2.45) is 5.92 Å². The third-order valence-corrected chi connectivity index (χ3v) is 4.04. The predicted molar refractivity (Wildman–Crippen MR) is 84.5 cm³/mol. The minimum absolute atomic E-state index is 0.0567. The van der Waals surface area contributed by atoms with Crippen LogP contribution in [0.15, 0.2) is 39.3 Å². The van der Waals surface area contributed by atoms with Gasteiger partial charge in [-0.1, -0.05) is 21.1 Å². The maximum absolute atomic E-state index is 12.2. The zero-order valence-electron chi connectivity index (χ0n) is 11.9. The molecule has 3 rings (SSSR count). The Kier molecular flexibility index (Phi) is 3.98. The first-order chi connectivity index (χ1) is 10.5. The second-order valence-electron chi connectivity index (χ2n) is 5.19. The Bertz CT molecular complexity index is 711. The smallest absolute Gasteiger partial charge is 0.231 e. The molecule has 2 aromatic rings. The number of halogens is 1. The number of benzene rings is 1. The minimum atomic E-state index is -0.395. The average molecular weight is 364 g/mol. The molecule has 1 N–H and O–H groups in total. The molecule has 0 radical (unpaired) electrons. The lowest BCUT2D eigenvalue weighted by Gasteiger charge is -2.16. The maximum atomic E-state index is 12.2. The van der Waals surface area contributed by atoms with Crippen LogP contribution in [0.5, 0.6) is 0 Å². The van der Waals surface area contributed by atoms with Crippen molar-refractivity contribution in [3.05, 3.63) is 40.6 Å². The van der Waals surface area contributed by atoms with Crippen LogP contribution in [0.4, 0.5) is 11.5 Å². The molecule has 1 aliphatic heterocycles. The molecule has 6 nitrogen and oxygen atoms in total. The van der Waals surface area contributed by atoms with Gasteiger partial charge in [-0.05, 0) is 31.2 Å². The predicted octanol–water partition coefficient (Wildman–Crippen LogP) is 2.74. The number of hydrogen-bond donors (Lipinski definition) is 1. The van der Waals surface area contributed by atoms with E-state index in [9.17, 15) is 9.59 Å². The van der Waals surface area contributed by atoms with Gasteiger partial charge in [-0.2, -0.15) is 0 Å². The van der Waals surface area contributed by atoms with Crippen LogP contribution in [-0.4, -0.2) is 23.5 Å². The topological polar surface area (TPSA) is 75.4 Å². The lowest BCUT2D eigenvalue weighted by atomic mass is 10.1. The maximum Gasteiger partial charge on any atom is 0.231 e. The number of hydrogen-bond acceptors (Lipinski definition) is 4. The highest BCUT2D eigenvalue weighted by molar-refractivity contribution is 9.10. The number of carbonyl (C=O) groups is 2. The summed E-state index contributed by atoms with van der Waals surface area (Å²) in [6, 6.07) is 9.08. The molecule has 1 saturated heterocycles. The first-order valence-electron chi connectivity index (χ1n) is 6.83. The molecule has 1 aromatic heterocycles. The lowest BCUT2D eigenvalue weighted by Crippen LogP contribution is -2.28. The minimum Gasteiger partial charge on any atom is -0.360 e. The van der Waals surface area contributed by atoms with Gasteiger partial charge in [0.1, 0.15) is 5.76 Å². The molecule has 2 heterocycles. The van der Waals surface area contributed by atoms with Gasteiger partial charge in [0.2, 0.25) is 11.8 Å². The highest BCUT2D eigenvalue weighted by Gasteiger charge is 2.35. The third kappa shape index (κ3) is 3.04. The number of anilines is 2. The van der Waals surface area contributed by atoms with Gasteiger partial charge in [-0.25, -0.2) is 0 Å². The molecular formula is C15H14BrN3O3. The van der Waals surface area contributed by atoms with E-state index in [1.54, 1.807) is 17.9 Å². The van der Waals surface area contributed by atoms with Gasteiger partial charge in [0.15, 0.2) is 5.82 Å². The van der Waals surface area contributed by atoms with E-state index in [0.29, 0.717) is 18.1 Å². The Morgan fingerprint density at radius 3 is 2.77 bits per heavy atom. The summed E-state index contributed by atoms with van der Waals surface area (Å²) in [4.78, 5) is 26.0. The fraction of sp³-hybridized carbons (Fsp3) is 0.267. The molecule has 7 heteroatoms. The van der Waals surface area contributed by atoms with Crippen molar-refractivity contribution in [3.8, 4) is 0 Å². The van der Waals surface area contributed by atoms with Crippen LogP contribution in [0.1, 0.15) is 12.2 Å². The van der Waals surface area contributed by atoms with Crippen molar-refractivity contribution >= 4 is 39.2 Å². The largest absolute Gasteiger partial charge is 0.360 e. The highest BCUT2D eigenvalue weighted by Crippen LogP contribution is 2.27. The van der Waals surface area contributed by atoms with E-state index in [-0.39, 0.29) is 18.2 Å². The Hall–Kier alpha value is -2.15.